The van der Waals surface area contributed by atoms with E-state index in [0.717, 1.165) is 19.4 Å². The first kappa shape index (κ1) is 24.0. The summed E-state index contributed by atoms with van der Waals surface area (Å²) in [5.74, 6) is 0.511. The van der Waals surface area contributed by atoms with Gasteiger partial charge >= 0.3 is 0 Å². The number of hydrogen-bond donors (Lipinski definition) is 2. The van der Waals surface area contributed by atoms with Gasteiger partial charge in [0.25, 0.3) is 5.56 Å². The van der Waals surface area contributed by atoms with E-state index in [-0.39, 0.29) is 29.2 Å². The van der Waals surface area contributed by atoms with Crippen molar-refractivity contribution in [3.8, 4) is 0 Å². The number of ether oxygens (including phenoxy) is 1. The van der Waals surface area contributed by atoms with E-state index in [2.05, 4.69) is 15.6 Å². The molecule has 2 N–H and O–H groups in total. The molecular weight excluding hydrogens is 456 g/mol. The average molecular weight is 485 g/mol. The molecule has 1 aliphatic rings. The molecule has 4 rings (SSSR count). The topological polar surface area (TPSA) is 115 Å². The van der Waals surface area contributed by atoms with Gasteiger partial charge in [-0.25, -0.2) is 4.98 Å². The number of thioether (sulfide) groups is 1. The number of hydrogen-bond acceptors (Lipinski definition) is 7. The molecule has 10 heteroatoms. The Morgan fingerprint density at radius 1 is 1.15 bits per heavy atom. The molecule has 0 spiro atoms. The molecule has 1 aliphatic heterocycles. The lowest BCUT2D eigenvalue weighted by Crippen LogP contribution is -2.32. The van der Waals surface area contributed by atoms with Crippen LogP contribution in [0.1, 0.15) is 31.4 Å². The van der Waals surface area contributed by atoms with Crippen molar-refractivity contribution in [2.24, 2.45) is 0 Å². The van der Waals surface area contributed by atoms with E-state index in [1.54, 1.807) is 41.2 Å². The summed E-state index contributed by atoms with van der Waals surface area (Å²) in [6, 6.07) is 10.7. The summed E-state index contributed by atoms with van der Waals surface area (Å²) in [6.45, 7) is 1.90. The van der Waals surface area contributed by atoms with E-state index in [9.17, 15) is 14.4 Å². The van der Waals surface area contributed by atoms with Gasteiger partial charge in [-0.05, 0) is 43.5 Å². The molecular formula is C24H28N4O5S. The maximum absolute atomic E-state index is 13.1. The summed E-state index contributed by atoms with van der Waals surface area (Å²) in [5, 5.41) is 6.66. The molecule has 0 saturated carbocycles. The van der Waals surface area contributed by atoms with Crippen molar-refractivity contribution >= 4 is 34.5 Å². The Bertz CT molecular complexity index is 1170. The first-order chi connectivity index (χ1) is 16.6. The Kier molecular flexibility index (Phi) is 8.37. The van der Waals surface area contributed by atoms with E-state index in [0.29, 0.717) is 54.3 Å². The summed E-state index contributed by atoms with van der Waals surface area (Å²) in [6.07, 6.45) is 4.41. The van der Waals surface area contributed by atoms with Gasteiger partial charge in [-0.3, -0.25) is 19.0 Å². The summed E-state index contributed by atoms with van der Waals surface area (Å²) >= 11 is 1.20. The van der Waals surface area contributed by atoms with Crippen LogP contribution in [0, 0.1) is 0 Å². The number of fused-ring (bicyclic) bond motifs is 1. The van der Waals surface area contributed by atoms with E-state index in [1.165, 1.54) is 11.8 Å². The molecule has 1 atom stereocenters. The van der Waals surface area contributed by atoms with Gasteiger partial charge in [0, 0.05) is 26.1 Å². The molecule has 3 aromatic rings. The number of carbonyl (C=O) groups is 2. The number of para-hydroxylation sites is 1. The zero-order valence-corrected chi connectivity index (χ0v) is 19.6. The van der Waals surface area contributed by atoms with E-state index in [4.69, 9.17) is 9.15 Å². The Morgan fingerprint density at radius 2 is 2.03 bits per heavy atom. The Balaban J connectivity index is 1.37. The number of carbonyl (C=O) groups excluding carboxylic acids is 2. The van der Waals surface area contributed by atoms with Crippen LogP contribution in [0.4, 0.5) is 0 Å². The molecule has 2 amide bonds. The number of nitrogens with zero attached hydrogens (tertiary/aromatic N) is 2. The van der Waals surface area contributed by atoms with E-state index in [1.807, 2.05) is 6.07 Å². The molecule has 2 aromatic heterocycles. The highest BCUT2D eigenvalue weighted by Crippen LogP contribution is 2.18. The first-order valence-electron chi connectivity index (χ1n) is 11.4. The second-order valence-corrected chi connectivity index (χ2v) is 9.00. The number of amides is 2. The molecule has 34 heavy (non-hydrogen) atoms. The third kappa shape index (κ3) is 6.48. The van der Waals surface area contributed by atoms with Crippen LogP contribution in [-0.2, 0) is 27.4 Å². The predicted molar refractivity (Wildman–Crippen MR) is 128 cm³/mol. The van der Waals surface area contributed by atoms with Crippen LogP contribution in [0.25, 0.3) is 10.9 Å². The Hall–Kier alpha value is -3.11. The third-order valence-electron chi connectivity index (χ3n) is 5.54. The lowest BCUT2D eigenvalue weighted by Gasteiger charge is -2.14. The maximum Gasteiger partial charge on any atom is 0.262 e. The number of benzene rings is 1. The minimum absolute atomic E-state index is 0.0659. The molecule has 1 aromatic carbocycles. The number of furan rings is 1. The van der Waals surface area contributed by atoms with Crippen LogP contribution in [0.5, 0.6) is 0 Å². The first-order valence-corrected chi connectivity index (χ1v) is 12.4. The number of rotatable bonds is 11. The molecule has 1 fully saturated rings. The fraction of sp³-hybridized carbons (Fsp3) is 0.417. The molecule has 1 saturated heterocycles. The molecule has 0 aliphatic carbocycles. The van der Waals surface area contributed by atoms with Crippen molar-refractivity contribution in [3.63, 3.8) is 0 Å². The van der Waals surface area contributed by atoms with Crippen LogP contribution in [0.3, 0.4) is 0 Å². The molecule has 9 nitrogen and oxygen atoms in total. The highest BCUT2D eigenvalue weighted by atomic mass is 32.2. The molecule has 0 bridgehead atoms. The normalized spacial score (nSPS) is 15.5. The van der Waals surface area contributed by atoms with E-state index < -0.39 is 0 Å². The highest BCUT2D eigenvalue weighted by molar-refractivity contribution is 7.99. The zero-order chi connectivity index (χ0) is 23.8. The standard InChI is InChI=1S/C24H28N4O5S/c29-21(25-14-17-6-4-12-32-17)10-3-11-28-23(31)19-8-1-2-9-20(19)27-24(28)34-16-22(30)26-15-18-7-5-13-33-18/h1-2,5,7-9,13,17H,3-4,6,10-12,14-16H2,(H,25,29)(H,26,30). The van der Waals surface area contributed by atoms with Crippen molar-refractivity contribution in [3.05, 3.63) is 58.8 Å². The van der Waals surface area contributed by atoms with E-state index >= 15 is 0 Å². The average Bonchev–Trinajstić information content (AvgIpc) is 3.56. The zero-order valence-electron chi connectivity index (χ0n) is 18.8. The quantitative estimate of drug-likeness (QED) is 0.317. The van der Waals surface area contributed by atoms with Gasteiger partial charge < -0.3 is 19.8 Å². The highest BCUT2D eigenvalue weighted by Gasteiger charge is 2.17. The second kappa shape index (κ2) is 11.8. The van der Waals surface area contributed by atoms with Crippen molar-refractivity contribution in [2.45, 2.75) is 50.0 Å². The molecule has 0 radical (unpaired) electrons. The van der Waals surface area contributed by atoms with Crippen LogP contribution >= 0.6 is 11.8 Å². The predicted octanol–water partition coefficient (Wildman–Crippen LogP) is 2.47. The van der Waals surface area contributed by atoms with Gasteiger partial charge in [-0.2, -0.15) is 0 Å². The summed E-state index contributed by atoms with van der Waals surface area (Å²) in [5.41, 5.74) is 0.403. The largest absolute Gasteiger partial charge is 0.467 e. The van der Waals surface area contributed by atoms with Gasteiger partial charge in [0.05, 0.1) is 35.6 Å². The molecule has 180 valence electrons. The van der Waals surface area contributed by atoms with Gasteiger partial charge in [0.2, 0.25) is 11.8 Å². The maximum atomic E-state index is 13.1. The Morgan fingerprint density at radius 3 is 2.82 bits per heavy atom. The van der Waals surface area contributed by atoms with Crippen LogP contribution in [0.15, 0.2) is 57.0 Å². The summed E-state index contributed by atoms with van der Waals surface area (Å²) < 4.78 is 12.3. The summed E-state index contributed by atoms with van der Waals surface area (Å²) in [7, 11) is 0. The minimum Gasteiger partial charge on any atom is -0.467 e. The number of nitrogens with one attached hydrogen (secondary N) is 2. The minimum atomic E-state index is -0.191. The van der Waals surface area contributed by atoms with Crippen LogP contribution in [0.2, 0.25) is 0 Å². The lowest BCUT2D eigenvalue weighted by atomic mass is 10.2. The third-order valence-corrected chi connectivity index (χ3v) is 6.51. The van der Waals surface area contributed by atoms with Gasteiger partial charge in [0.15, 0.2) is 5.16 Å². The molecule has 3 heterocycles. The number of aromatic nitrogens is 2. The fourth-order valence-electron chi connectivity index (χ4n) is 3.75. The monoisotopic (exact) mass is 484 g/mol. The van der Waals surface area contributed by atoms with Crippen LogP contribution in [-0.4, -0.2) is 46.4 Å². The lowest BCUT2D eigenvalue weighted by molar-refractivity contribution is -0.121. The SMILES string of the molecule is O=C(CCCn1c(SCC(=O)NCc2ccco2)nc2ccccc2c1=O)NCC1CCCO1. The van der Waals surface area contributed by atoms with Crippen molar-refractivity contribution in [2.75, 3.05) is 18.9 Å². The molecule has 1 unspecified atom stereocenters. The van der Waals surface area contributed by atoms with Crippen molar-refractivity contribution < 1.29 is 18.7 Å². The summed E-state index contributed by atoms with van der Waals surface area (Å²) in [4.78, 5) is 42.3. The fourth-order valence-corrected chi connectivity index (χ4v) is 4.61. The van der Waals surface area contributed by atoms with Gasteiger partial charge in [-0.1, -0.05) is 23.9 Å². The van der Waals surface area contributed by atoms with Crippen molar-refractivity contribution in [1.82, 2.24) is 20.2 Å². The van der Waals surface area contributed by atoms with Crippen molar-refractivity contribution in [1.29, 1.82) is 0 Å². The Labute approximate surface area is 201 Å². The second-order valence-electron chi connectivity index (χ2n) is 8.06. The van der Waals surface area contributed by atoms with Gasteiger partial charge in [0.1, 0.15) is 5.76 Å². The van der Waals surface area contributed by atoms with Crippen LogP contribution < -0.4 is 16.2 Å². The smallest absolute Gasteiger partial charge is 0.262 e. The van der Waals surface area contributed by atoms with Gasteiger partial charge in [-0.15, -0.1) is 0 Å².